The second-order valence-electron chi connectivity index (χ2n) is 5.16. The molecule has 0 radical (unpaired) electrons. The van der Waals surface area contributed by atoms with E-state index in [-0.39, 0.29) is 42.5 Å². The molecule has 0 saturated carbocycles. The summed E-state index contributed by atoms with van der Waals surface area (Å²) in [6.45, 7) is 0.317. The Kier molecular flexibility index (Phi) is 6.82. The third-order valence-electron chi connectivity index (χ3n) is 3.24. The van der Waals surface area contributed by atoms with E-state index in [4.69, 9.17) is 5.73 Å². The quantitative estimate of drug-likeness (QED) is 0.570. The number of benzene rings is 1. The van der Waals surface area contributed by atoms with Crippen LogP contribution < -0.4 is 15.8 Å². The summed E-state index contributed by atoms with van der Waals surface area (Å²) in [4.78, 5) is 24.5. The summed E-state index contributed by atoms with van der Waals surface area (Å²) in [5.41, 5.74) is 5.64. The molecule has 4 N–H and O–H groups in total. The molecule has 9 heteroatoms. The minimum Gasteiger partial charge on any atom is -0.329 e. The van der Waals surface area contributed by atoms with Crippen molar-refractivity contribution < 1.29 is 18.0 Å². The third kappa shape index (κ3) is 5.75. The van der Waals surface area contributed by atoms with Crippen molar-refractivity contribution in [3.63, 3.8) is 0 Å². The number of Topliss-reactive ketones (excluding diaryl/α,β-unsaturated/α-hetero) is 1. The molecule has 134 valence electrons. The van der Waals surface area contributed by atoms with E-state index in [0.29, 0.717) is 10.6 Å². The molecule has 0 aliphatic rings. The van der Waals surface area contributed by atoms with Crippen LogP contribution in [0, 0.1) is 0 Å². The van der Waals surface area contributed by atoms with Crippen molar-refractivity contribution in [1.29, 1.82) is 0 Å². The zero-order chi connectivity index (χ0) is 18.3. The van der Waals surface area contributed by atoms with Gasteiger partial charge in [0.05, 0.1) is 9.77 Å². The molecule has 1 aromatic carbocycles. The highest BCUT2D eigenvalue weighted by atomic mass is 32.2. The summed E-state index contributed by atoms with van der Waals surface area (Å²) in [5.74, 6) is -0.443. The Balaban J connectivity index is 1.95. The molecular formula is C16H19N3O4S2. The molecule has 1 heterocycles. The topological polar surface area (TPSA) is 118 Å². The molecule has 7 nitrogen and oxygen atoms in total. The van der Waals surface area contributed by atoms with Gasteiger partial charge in [0, 0.05) is 31.6 Å². The highest BCUT2D eigenvalue weighted by Crippen LogP contribution is 2.16. The van der Waals surface area contributed by atoms with E-state index in [9.17, 15) is 18.0 Å². The van der Waals surface area contributed by atoms with Gasteiger partial charge in [-0.15, -0.1) is 11.3 Å². The zero-order valence-electron chi connectivity index (χ0n) is 13.4. The first-order chi connectivity index (χ1) is 11.9. The predicted octanol–water partition coefficient (Wildman–Crippen LogP) is 1.59. The first-order valence-electron chi connectivity index (χ1n) is 7.59. The van der Waals surface area contributed by atoms with Crippen LogP contribution in [0.2, 0.25) is 0 Å². The number of sulfonamides is 1. The minimum absolute atomic E-state index is 0.0269. The maximum Gasteiger partial charge on any atom is 0.240 e. The molecule has 0 spiro atoms. The number of carbonyl (C=O) groups excluding carboxylic acids is 2. The highest BCUT2D eigenvalue weighted by Gasteiger charge is 2.15. The second kappa shape index (κ2) is 8.86. The lowest BCUT2D eigenvalue weighted by molar-refractivity contribution is -0.116. The van der Waals surface area contributed by atoms with Crippen LogP contribution in [0.25, 0.3) is 0 Å². The van der Waals surface area contributed by atoms with E-state index in [1.165, 1.54) is 29.5 Å². The lowest BCUT2D eigenvalue weighted by Crippen LogP contribution is -2.29. The van der Waals surface area contributed by atoms with E-state index < -0.39 is 10.0 Å². The van der Waals surface area contributed by atoms with Crippen LogP contribution in [-0.2, 0) is 14.8 Å². The molecule has 25 heavy (non-hydrogen) atoms. The third-order valence-corrected chi connectivity index (χ3v) is 5.61. The Bertz CT molecular complexity index is 833. The summed E-state index contributed by atoms with van der Waals surface area (Å²) in [6, 6.07) is 9.40. The van der Waals surface area contributed by atoms with Crippen molar-refractivity contribution in [3.8, 4) is 0 Å². The van der Waals surface area contributed by atoms with Gasteiger partial charge < -0.3 is 11.1 Å². The zero-order valence-corrected chi connectivity index (χ0v) is 15.0. The summed E-state index contributed by atoms with van der Waals surface area (Å²) in [5, 5.41) is 4.41. The lowest BCUT2D eigenvalue weighted by Gasteiger charge is -2.09. The maximum atomic E-state index is 12.1. The van der Waals surface area contributed by atoms with E-state index >= 15 is 0 Å². The Morgan fingerprint density at radius 3 is 2.60 bits per heavy atom. The van der Waals surface area contributed by atoms with Crippen molar-refractivity contribution in [3.05, 3.63) is 46.7 Å². The van der Waals surface area contributed by atoms with Crippen molar-refractivity contribution in [2.75, 3.05) is 18.4 Å². The molecule has 1 amide bonds. The number of carbonyl (C=O) groups is 2. The van der Waals surface area contributed by atoms with E-state index in [1.54, 1.807) is 23.6 Å². The van der Waals surface area contributed by atoms with E-state index in [2.05, 4.69) is 10.0 Å². The number of ketones is 1. The fourth-order valence-electron chi connectivity index (χ4n) is 2.03. The molecule has 0 fully saturated rings. The van der Waals surface area contributed by atoms with Crippen molar-refractivity contribution in [2.24, 2.45) is 5.73 Å². The molecule has 0 aliphatic heterocycles. The standard InChI is InChI=1S/C16H19N3O4S2/c17-8-9-18-25(22,23)13-4-1-3-12(11-13)19-16(21)7-6-14(20)15-5-2-10-24-15/h1-5,10-11,18H,6-9,17H2,(H,19,21). The van der Waals surface area contributed by atoms with Gasteiger partial charge >= 0.3 is 0 Å². The number of thiophene rings is 1. The van der Waals surface area contributed by atoms with Gasteiger partial charge in [0.1, 0.15) is 0 Å². The van der Waals surface area contributed by atoms with Crippen LogP contribution in [0.15, 0.2) is 46.7 Å². The van der Waals surface area contributed by atoms with E-state index in [0.717, 1.165) is 0 Å². The Morgan fingerprint density at radius 1 is 1.12 bits per heavy atom. The van der Waals surface area contributed by atoms with Crippen LogP contribution in [0.5, 0.6) is 0 Å². The first-order valence-corrected chi connectivity index (χ1v) is 9.95. The number of anilines is 1. The Morgan fingerprint density at radius 2 is 1.92 bits per heavy atom. The molecular weight excluding hydrogens is 362 g/mol. The SMILES string of the molecule is NCCNS(=O)(=O)c1cccc(NC(=O)CCC(=O)c2cccs2)c1. The fraction of sp³-hybridized carbons (Fsp3) is 0.250. The van der Waals surface area contributed by atoms with E-state index in [1.807, 2.05) is 0 Å². The largest absolute Gasteiger partial charge is 0.329 e. The molecule has 0 aliphatic carbocycles. The molecule has 0 unspecified atom stereocenters. The smallest absolute Gasteiger partial charge is 0.240 e. The van der Waals surface area contributed by atoms with Gasteiger partial charge in [0.2, 0.25) is 15.9 Å². The summed E-state index contributed by atoms with van der Waals surface area (Å²) in [6.07, 6.45) is 0.127. The van der Waals surface area contributed by atoms with Gasteiger partial charge in [-0.05, 0) is 29.6 Å². The van der Waals surface area contributed by atoms with Gasteiger partial charge in [-0.3, -0.25) is 9.59 Å². The van der Waals surface area contributed by atoms with Gasteiger partial charge in [-0.2, -0.15) is 0 Å². The number of amides is 1. The number of nitrogens with two attached hydrogens (primary N) is 1. The van der Waals surface area contributed by atoms with Gasteiger partial charge in [0.15, 0.2) is 5.78 Å². The summed E-state index contributed by atoms with van der Waals surface area (Å²) in [7, 11) is -3.67. The minimum atomic E-state index is -3.67. The van der Waals surface area contributed by atoms with Crippen molar-refractivity contribution in [2.45, 2.75) is 17.7 Å². The number of hydrogen-bond acceptors (Lipinski definition) is 6. The average Bonchev–Trinajstić information content (AvgIpc) is 3.13. The molecule has 0 saturated heterocycles. The van der Waals surface area contributed by atoms with Crippen molar-refractivity contribution in [1.82, 2.24) is 4.72 Å². The predicted molar refractivity (Wildman–Crippen MR) is 97.2 cm³/mol. The molecule has 2 aromatic rings. The number of rotatable bonds is 9. The molecule has 0 bridgehead atoms. The lowest BCUT2D eigenvalue weighted by atomic mass is 10.2. The first kappa shape index (κ1) is 19.3. The van der Waals surface area contributed by atoms with Crippen LogP contribution >= 0.6 is 11.3 Å². The van der Waals surface area contributed by atoms with Crippen molar-refractivity contribution >= 4 is 38.7 Å². The Hall–Kier alpha value is -2.07. The summed E-state index contributed by atoms with van der Waals surface area (Å²) < 4.78 is 26.5. The number of nitrogens with one attached hydrogen (secondary N) is 2. The average molecular weight is 381 g/mol. The highest BCUT2D eigenvalue weighted by molar-refractivity contribution is 7.89. The van der Waals surface area contributed by atoms with Gasteiger partial charge in [-0.25, -0.2) is 13.1 Å². The van der Waals surface area contributed by atoms with Crippen LogP contribution in [0.3, 0.4) is 0 Å². The van der Waals surface area contributed by atoms with Crippen LogP contribution in [-0.4, -0.2) is 33.2 Å². The Labute approximate surface area is 150 Å². The molecule has 1 aromatic heterocycles. The normalized spacial score (nSPS) is 11.2. The fourth-order valence-corrected chi connectivity index (χ4v) is 3.82. The monoisotopic (exact) mass is 381 g/mol. The van der Waals surface area contributed by atoms with Gasteiger partial charge in [-0.1, -0.05) is 12.1 Å². The maximum absolute atomic E-state index is 12.1. The molecule has 0 atom stereocenters. The number of hydrogen-bond donors (Lipinski definition) is 3. The second-order valence-corrected chi connectivity index (χ2v) is 7.88. The summed E-state index contributed by atoms with van der Waals surface area (Å²) >= 11 is 1.33. The van der Waals surface area contributed by atoms with Crippen LogP contribution in [0.4, 0.5) is 5.69 Å². The van der Waals surface area contributed by atoms with Crippen LogP contribution in [0.1, 0.15) is 22.5 Å². The molecule has 2 rings (SSSR count). The van der Waals surface area contributed by atoms with Gasteiger partial charge in [0.25, 0.3) is 0 Å².